The molecule has 2 N–H and O–H groups in total. The summed E-state index contributed by atoms with van der Waals surface area (Å²) in [6.07, 6.45) is 1.61. The van der Waals surface area contributed by atoms with Crippen LogP contribution in [0.1, 0.15) is 41.6 Å². The summed E-state index contributed by atoms with van der Waals surface area (Å²) >= 11 is 0. The van der Waals surface area contributed by atoms with Crippen molar-refractivity contribution in [2.24, 2.45) is 0 Å². The standard InChI is InChI=1S/C24H28FN3O4S/c1-4-28(5-2)22(23-7-6-14-32-23)16-26-24(29)18-8-10-19(11-9-18)27-33(30,31)20-12-13-21(25)17(3)15-20/h6-15,22,27H,4-5,16H2,1-3H3,(H,26,29). The van der Waals surface area contributed by atoms with Gasteiger partial charge in [-0.15, -0.1) is 0 Å². The average molecular weight is 474 g/mol. The summed E-state index contributed by atoms with van der Waals surface area (Å²) in [5.41, 5.74) is 0.931. The van der Waals surface area contributed by atoms with Gasteiger partial charge in [0.1, 0.15) is 11.6 Å². The highest BCUT2D eigenvalue weighted by atomic mass is 32.2. The van der Waals surface area contributed by atoms with Gasteiger partial charge in [-0.1, -0.05) is 13.8 Å². The normalized spacial score (nSPS) is 12.5. The van der Waals surface area contributed by atoms with Gasteiger partial charge in [-0.05, 0) is 80.2 Å². The van der Waals surface area contributed by atoms with Crippen LogP contribution >= 0.6 is 0 Å². The zero-order valence-corrected chi connectivity index (χ0v) is 19.7. The smallest absolute Gasteiger partial charge is 0.261 e. The van der Waals surface area contributed by atoms with Crippen LogP contribution in [0.15, 0.2) is 70.2 Å². The number of nitrogens with zero attached hydrogens (tertiary/aromatic N) is 1. The Kier molecular flexibility index (Phi) is 7.88. The van der Waals surface area contributed by atoms with Crippen LogP contribution in [0.25, 0.3) is 0 Å². The molecule has 0 fully saturated rings. The van der Waals surface area contributed by atoms with Gasteiger partial charge in [0.25, 0.3) is 15.9 Å². The zero-order valence-electron chi connectivity index (χ0n) is 18.8. The molecule has 0 saturated heterocycles. The first-order valence-electron chi connectivity index (χ1n) is 10.7. The summed E-state index contributed by atoms with van der Waals surface area (Å²) in [7, 11) is -3.88. The second-order valence-corrected chi connectivity index (χ2v) is 9.24. The van der Waals surface area contributed by atoms with E-state index in [0.717, 1.165) is 24.9 Å². The summed E-state index contributed by atoms with van der Waals surface area (Å²) in [5, 5.41) is 2.93. The first-order chi connectivity index (χ1) is 15.7. The van der Waals surface area contributed by atoms with Crippen LogP contribution in [0, 0.1) is 12.7 Å². The number of furan rings is 1. The molecule has 1 atom stereocenters. The van der Waals surface area contributed by atoms with Crippen molar-refractivity contribution in [2.75, 3.05) is 24.4 Å². The van der Waals surface area contributed by atoms with Crippen molar-refractivity contribution in [3.05, 3.63) is 83.6 Å². The first kappa shape index (κ1) is 24.5. The highest BCUT2D eigenvalue weighted by molar-refractivity contribution is 7.92. The van der Waals surface area contributed by atoms with E-state index in [2.05, 4.69) is 14.9 Å². The van der Waals surface area contributed by atoms with Crippen molar-refractivity contribution in [1.82, 2.24) is 10.2 Å². The van der Waals surface area contributed by atoms with Crippen LogP contribution in [0.4, 0.5) is 10.1 Å². The molecule has 0 spiro atoms. The molecule has 1 aromatic heterocycles. The Hall–Kier alpha value is -3.17. The monoisotopic (exact) mass is 473 g/mol. The van der Waals surface area contributed by atoms with Gasteiger partial charge in [-0.2, -0.15) is 0 Å². The Balaban J connectivity index is 1.66. The molecule has 0 bridgehead atoms. The molecular weight excluding hydrogens is 445 g/mol. The third-order valence-electron chi connectivity index (χ3n) is 5.42. The highest BCUT2D eigenvalue weighted by Crippen LogP contribution is 2.21. The number of likely N-dealkylation sites (N-methyl/N-ethyl adjacent to an activating group) is 1. The van der Waals surface area contributed by atoms with Crippen molar-refractivity contribution in [1.29, 1.82) is 0 Å². The molecule has 1 amide bonds. The molecule has 7 nitrogen and oxygen atoms in total. The van der Waals surface area contributed by atoms with Gasteiger partial charge < -0.3 is 9.73 Å². The van der Waals surface area contributed by atoms with E-state index < -0.39 is 15.8 Å². The fraction of sp³-hybridized carbons (Fsp3) is 0.292. The van der Waals surface area contributed by atoms with E-state index in [-0.39, 0.29) is 22.4 Å². The number of halogens is 1. The summed E-state index contributed by atoms with van der Waals surface area (Å²) in [6.45, 7) is 7.58. The van der Waals surface area contributed by atoms with Crippen molar-refractivity contribution in [3.8, 4) is 0 Å². The van der Waals surface area contributed by atoms with E-state index >= 15 is 0 Å². The summed E-state index contributed by atoms with van der Waals surface area (Å²) in [6, 6.07) is 13.3. The summed E-state index contributed by atoms with van der Waals surface area (Å²) < 4.78 is 46.6. The largest absolute Gasteiger partial charge is 0.468 e. The molecule has 3 rings (SSSR count). The number of carbonyl (C=O) groups is 1. The molecule has 2 aromatic carbocycles. The number of aryl methyl sites for hydroxylation is 1. The molecular formula is C24H28FN3O4S. The number of carbonyl (C=O) groups excluding carboxylic acids is 1. The molecule has 0 aliphatic heterocycles. The van der Waals surface area contributed by atoms with Gasteiger partial charge >= 0.3 is 0 Å². The number of nitrogens with one attached hydrogen (secondary N) is 2. The third-order valence-corrected chi connectivity index (χ3v) is 6.80. The number of rotatable bonds is 10. The number of hydrogen-bond acceptors (Lipinski definition) is 5. The second kappa shape index (κ2) is 10.6. The SMILES string of the molecule is CCN(CC)C(CNC(=O)c1ccc(NS(=O)(=O)c2ccc(F)c(C)c2)cc1)c1ccco1. The minimum Gasteiger partial charge on any atom is -0.468 e. The number of sulfonamides is 1. The maximum Gasteiger partial charge on any atom is 0.261 e. The summed E-state index contributed by atoms with van der Waals surface area (Å²) in [4.78, 5) is 14.8. The molecule has 176 valence electrons. The Morgan fingerprint density at radius 3 is 2.36 bits per heavy atom. The van der Waals surface area contributed by atoms with Crippen LogP contribution in [-0.4, -0.2) is 38.9 Å². The summed E-state index contributed by atoms with van der Waals surface area (Å²) in [5.74, 6) is 0.0293. The molecule has 1 heterocycles. The van der Waals surface area contributed by atoms with Crippen molar-refractivity contribution >= 4 is 21.6 Å². The van der Waals surface area contributed by atoms with Crippen LogP contribution in [0.2, 0.25) is 0 Å². The number of hydrogen-bond donors (Lipinski definition) is 2. The van der Waals surface area contributed by atoms with E-state index in [1.807, 2.05) is 26.0 Å². The lowest BCUT2D eigenvalue weighted by molar-refractivity contribution is 0.0929. The third kappa shape index (κ3) is 6.00. The van der Waals surface area contributed by atoms with Crippen LogP contribution in [0.5, 0.6) is 0 Å². The zero-order chi connectivity index (χ0) is 24.0. The first-order valence-corrected chi connectivity index (χ1v) is 12.2. The molecule has 1 unspecified atom stereocenters. The maximum atomic E-state index is 13.5. The second-order valence-electron chi connectivity index (χ2n) is 7.56. The van der Waals surface area contributed by atoms with Gasteiger partial charge in [0, 0.05) is 17.8 Å². The molecule has 0 radical (unpaired) electrons. The maximum absolute atomic E-state index is 13.5. The van der Waals surface area contributed by atoms with Gasteiger partial charge in [0.05, 0.1) is 17.2 Å². The van der Waals surface area contributed by atoms with E-state index in [0.29, 0.717) is 17.8 Å². The number of anilines is 1. The lowest BCUT2D eigenvalue weighted by atomic mass is 10.1. The molecule has 0 saturated carbocycles. The van der Waals surface area contributed by atoms with Crippen molar-refractivity contribution < 1.29 is 22.0 Å². The number of benzene rings is 2. The Labute approximate surface area is 193 Å². The van der Waals surface area contributed by atoms with Crippen LogP contribution in [0.3, 0.4) is 0 Å². The fourth-order valence-corrected chi connectivity index (χ4v) is 4.68. The predicted octanol–water partition coefficient (Wildman–Crippen LogP) is 4.34. The quantitative estimate of drug-likeness (QED) is 0.457. The van der Waals surface area contributed by atoms with Gasteiger partial charge in [0.2, 0.25) is 0 Å². The molecule has 3 aromatic rings. The predicted molar refractivity (Wildman–Crippen MR) is 125 cm³/mol. The van der Waals surface area contributed by atoms with Crippen LogP contribution < -0.4 is 10.0 Å². The molecule has 0 aliphatic rings. The van der Waals surface area contributed by atoms with Gasteiger partial charge in [0.15, 0.2) is 0 Å². The number of amides is 1. The molecule has 9 heteroatoms. The van der Waals surface area contributed by atoms with Crippen LogP contribution in [-0.2, 0) is 10.0 Å². The fourth-order valence-electron chi connectivity index (χ4n) is 3.53. The minimum absolute atomic E-state index is 0.0383. The lowest BCUT2D eigenvalue weighted by Gasteiger charge is -2.28. The van der Waals surface area contributed by atoms with E-state index in [9.17, 15) is 17.6 Å². The van der Waals surface area contributed by atoms with Gasteiger partial charge in [-0.3, -0.25) is 14.4 Å². The van der Waals surface area contributed by atoms with Crippen molar-refractivity contribution in [3.63, 3.8) is 0 Å². The van der Waals surface area contributed by atoms with E-state index in [1.165, 1.54) is 31.2 Å². The average Bonchev–Trinajstić information content (AvgIpc) is 3.33. The van der Waals surface area contributed by atoms with Crippen molar-refractivity contribution in [2.45, 2.75) is 31.7 Å². The lowest BCUT2D eigenvalue weighted by Crippen LogP contribution is -2.37. The molecule has 33 heavy (non-hydrogen) atoms. The topological polar surface area (TPSA) is 91.7 Å². The molecule has 0 aliphatic carbocycles. The van der Waals surface area contributed by atoms with Gasteiger partial charge in [-0.25, -0.2) is 12.8 Å². The van der Waals surface area contributed by atoms with E-state index in [1.54, 1.807) is 18.4 Å². The Morgan fingerprint density at radius 2 is 1.79 bits per heavy atom. The Morgan fingerprint density at radius 1 is 1.09 bits per heavy atom. The minimum atomic E-state index is -3.88. The van der Waals surface area contributed by atoms with E-state index in [4.69, 9.17) is 4.42 Å². The Bertz CT molecular complexity index is 1170. The highest BCUT2D eigenvalue weighted by Gasteiger charge is 2.22.